The van der Waals surface area contributed by atoms with Gasteiger partial charge in [-0.2, -0.15) is 5.10 Å². The van der Waals surface area contributed by atoms with Gasteiger partial charge in [0.2, 0.25) is 0 Å². The zero-order chi connectivity index (χ0) is 16.9. The first-order valence-electron chi connectivity index (χ1n) is 7.30. The van der Waals surface area contributed by atoms with Crippen LogP contribution in [0.25, 0.3) is 11.3 Å². The van der Waals surface area contributed by atoms with Crippen molar-refractivity contribution in [3.63, 3.8) is 0 Å². The third-order valence-electron chi connectivity index (χ3n) is 3.62. The van der Waals surface area contributed by atoms with Gasteiger partial charge in [0.05, 0.1) is 5.69 Å². The third-order valence-corrected chi connectivity index (χ3v) is 3.87. The molecule has 24 heavy (non-hydrogen) atoms. The molecule has 0 radical (unpaired) electrons. The number of benzene rings is 2. The lowest BCUT2D eigenvalue weighted by Crippen LogP contribution is -2.07. The average Bonchev–Trinajstić information content (AvgIpc) is 3.04. The number of aromatic amines is 1. The first kappa shape index (κ1) is 16.2. The number of halogens is 2. The van der Waals surface area contributed by atoms with Gasteiger partial charge in [-0.3, -0.25) is 9.89 Å². The van der Waals surface area contributed by atoms with Gasteiger partial charge in [-0.1, -0.05) is 35.9 Å². The zero-order valence-corrected chi connectivity index (χ0v) is 13.3. The number of hydrogen-bond donors (Lipinski definition) is 1. The van der Waals surface area contributed by atoms with E-state index in [0.717, 1.165) is 11.3 Å². The smallest absolute Gasteiger partial charge is 0.293 e. The van der Waals surface area contributed by atoms with Crippen molar-refractivity contribution in [2.45, 2.75) is 12.5 Å². The summed E-state index contributed by atoms with van der Waals surface area (Å²) in [4.78, 5) is 10.8. The number of ether oxygens (including phenoxy) is 1. The van der Waals surface area contributed by atoms with Crippen molar-refractivity contribution in [1.82, 2.24) is 10.2 Å². The SMILES string of the molecule is O=COC(Cc1cc(-c2cccc(F)c2)n[nH]1)c1ccc(Cl)cc1. The van der Waals surface area contributed by atoms with Crippen LogP contribution in [-0.2, 0) is 16.0 Å². The van der Waals surface area contributed by atoms with Gasteiger partial charge in [0.1, 0.15) is 11.9 Å². The standard InChI is InChI=1S/C18H14ClFN2O2/c19-14-6-4-12(5-7-14)18(24-11-23)10-16-9-17(22-21-16)13-2-1-3-15(20)8-13/h1-9,11,18H,10H2,(H,21,22). The highest BCUT2D eigenvalue weighted by molar-refractivity contribution is 6.30. The van der Waals surface area contributed by atoms with Gasteiger partial charge >= 0.3 is 0 Å². The molecule has 0 spiro atoms. The van der Waals surface area contributed by atoms with E-state index in [4.69, 9.17) is 16.3 Å². The van der Waals surface area contributed by atoms with Crippen LogP contribution in [-0.4, -0.2) is 16.7 Å². The van der Waals surface area contributed by atoms with Crippen molar-refractivity contribution >= 4 is 18.1 Å². The third kappa shape index (κ3) is 3.81. The topological polar surface area (TPSA) is 55.0 Å². The molecule has 0 saturated heterocycles. The summed E-state index contributed by atoms with van der Waals surface area (Å²) in [5.41, 5.74) is 2.91. The maximum atomic E-state index is 13.3. The highest BCUT2D eigenvalue weighted by Gasteiger charge is 2.15. The Labute approximate surface area is 143 Å². The molecule has 0 saturated carbocycles. The van der Waals surface area contributed by atoms with E-state index < -0.39 is 6.10 Å². The second kappa shape index (κ2) is 7.27. The van der Waals surface area contributed by atoms with Gasteiger partial charge in [0.25, 0.3) is 6.47 Å². The molecule has 1 unspecified atom stereocenters. The Morgan fingerprint density at radius 3 is 2.71 bits per heavy atom. The van der Waals surface area contributed by atoms with Crippen molar-refractivity contribution in [3.05, 3.63) is 76.7 Å². The van der Waals surface area contributed by atoms with Crippen molar-refractivity contribution in [2.75, 3.05) is 0 Å². The van der Waals surface area contributed by atoms with Crippen LogP contribution in [0.3, 0.4) is 0 Å². The predicted octanol–water partition coefficient (Wildman–Crippen LogP) is 4.33. The summed E-state index contributed by atoms with van der Waals surface area (Å²) in [6.07, 6.45) is -0.0385. The second-order valence-corrected chi connectivity index (χ2v) is 5.70. The van der Waals surface area contributed by atoms with Crippen molar-refractivity contribution < 1.29 is 13.9 Å². The van der Waals surface area contributed by atoms with E-state index in [9.17, 15) is 9.18 Å². The van der Waals surface area contributed by atoms with Gasteiger partial charge in [-0.05, 0) is 35.9 Å². The average molecular weight is 345 g/mol. The minimum absolute atomic E-state index is 0.319. The van der Waals surface area contributed by atoms with Crippen LogP contribution in [0.2, 0.25) is 5.02 Å². The van der Waals surface area contributed by atoms with Gasteiger partial charge in [0, 0.05) is 22.7 Å². The van der Waals surface area contributed by atoms with E-state index in [1.165, 1.54) is 12.1 Å². The molecule has 1 N–H and O–H groups in total. The molecule has 0 bridgehead atoms. The number of carbonyl (C=O) groups excluding carboxylic acids is 1. The molecule has 0 amide bonds. The van der Waals surface area contributed by atoms with Gasteiger partial charge in [-0.25, -0.2) is 4.39 Å². The quantitative estimate of drug-likeness (QED) is 0.677. The van der Waals surface area contributed by atoms with Gasteiger partial charge in [0.15, 0.2) is 0 Å². The monoisotopic (exact) mass is 344 g/mol. The molecule has 3 aromatic rings. The predicted molar refractivity (Wildman–Crippen MR) is 89.0 cm³/mol. The fourth-order valence-electron chi connectivity index (χ4n) is 2.45. The maximum absolute atomic E-state index is 13.3. The van der Waals surface area contributed by atoms with Crippen LogP contribution >= 0.6 is 11.6 Å². The van der Waals surface area contributed by atoms with Crippen molar-refractivity contribution in [1.29, 1.82) is 0 Å². The maximum Gasteiger partial charge on any atom is 0.293 e. The van der Waals surface area contributed by atoms with Crippen LogP contribution in [0.4, 0.5) is 4.39 Å². The number of nitrogens with zero attached hydrogens (tertiary/aromatic N) is 1. The molecule has 0 aliphatic heterocycles. The Kier molecular flexibility index (Phi) is 4.91. The summed E-state index contributed by atoms with van der Waals surface area (Å²) in [5.74, 6) is -0.319. The minimum atomic E-state index is -0.458. The molecule has 4 nitrogen and oxygen atoms in total. The lowest BCUT2D eigenvalue weighted by atomic mass is 10.0. The first-order chi connectivity index (χ1) is 11.7. The van der Waals surface area contributed by atoms with E-state index in [1.54, 1.807) is 36.4 Å². The minimum Gasteiger partial charge on any atom is -0.459 e. The van der Waals surface area contributed by atoms with E-state index in [0.29, 0.717) is 29.2 Å². The summed E-state index contributed by atoms with van der Waals surface area (Å²) in [6, 6.07) is 15.1. The summed E-state index contributed by atoms with van der Waals surface area (Å²) < 4.78 is 18.5. The highest BCUT2D eigenvalue weighted by atomic mass is 35.5. The van der Waals surface area contributed by atoms with Gasteiger partial charge in [-0.15, -0.1) is 0 Å². The molecular weight excluding hydrogens is 331 g/mol. The molecule has 0 fully saturated rings. The van der Waals surface area contributed by atoms with Gasteiger partial charge < -0.3 is 4.74 Å². The van der Waals surface area contributed by atoms with E-state index in [1.807, 2.05) is 6.07 Å². The Bertz CT molecular complexity index is 833. The molecule has 0 aliphatic carbocycles. The van der Waals surface area contributed by atoms with E-state index >= 15 is 0 Å². The molecule has 0 aliphatic rings. The second-order valence-electron chi connectivity index (χ2n) is 5.27. The van der Waals surface area contributed by atoms with E-state index in [-0.39, 0.29) is 5.82 Å². The fraction of sp³-hybridized carbons (Fsp3) is 0.111. The van der Waals surface area contributed by atoms with Crippen LogP contribution < -0.4 is 0 Å². The largest absolute Gasteiger partial charge is 0.459 e. The van der Waals surface area contributed by atoms with Crippen LogP contribution in [0, 0.1) is 5.82 Å². The molecule has 122 valence electrons. The van der Waals surface area contributed by atoms with Crippen molar-refractivity contribution in [2.24, 2.45) is 0 Å². The Hall–Kier alpha value is -2.66. The number of hydrogen-bond acceptors (Lipinski definition) is 3. The molecule has 1 aromatic heterocycles. The lowest BCUT2D eigenvalue weighted by molar-refractivity contribution is -0.133. The van der Waals surface area contributed by atoms with Crippen LogP contribution in [0.5, 0.6) is 0 Å². The molecular formula is C18H14ClFN2O2. The Morgan fingerprint density at radius 2 is 2.00 bits per heavy atom. The number of H-pyrrole nitrogens is 1. The number of aromatic nitrogens is 2. The fourth-order valence-corrected chi connectivity index (χ4v) is 2.58. The number of rotatable bonds is 6. The lowest BCUT2D eigenvalue weighted by Gasteiger charge is -2.14. The van der Waals surface area contributed by atoms with Crippen molar-refractivity contribution in [3.8, 4) is 11.3 Å². The molecule has 2 aromatic carbocycles. The number of carbonyl (C=O) groups is 1. The first-order valence-corrected chi connectivity index (χ1v) is 7.68. The molecule has 3 rings (SSSR count). The summed E-state index contributed by atoms with van der Waals surface area (Å²) in [7, 11) is 0. The number of nitrogens with one attached hydrogen (secondary N) is 1. The van der Waals surface area contributed by atoms with E-state index in [2.05, 4.69) is 10.2 Å². The summed E-state index contributed by atoms with van der Waals surface area (Å²) >= 11 is 5.88. The Morgan fingerprint density at radius 1 is 1.21 bits per heavy atom. The highest BCUT2D eigenvalue weighted by Crippen LogP contribution is 2.25. The summed E-state index contributed by atoms with van der Waals surface area (Å²) in [5, 5.41) is 7.70. The normalized spacial score (nSPS) is 11.9. The molecule has 1 atom stereocenters. The Balaban J connectivity index is 1.80. The summed E-state index contributed by atoms with van der Waals surface area (Å²) in [6.45, 7) is 0.420. The zero-order valence-electron chi connectivity index (χ0n) is 12.6. The van der Waals surface area contributed by atoms with Crippen LogP contribution in [0.15, 0.2) is 54.6 Å². The molecule has 1 heterocycles. The van der Waals surface area contributed by atoms with Crippen LogP contribution in [0.1, 0.15) is 17.4 Å². The molecule has 6 heteroatoms.